The molecular formula is C12H17ClFN3O. The summed E-state index contributed by atoms with van der Waals surface area (Å²) >= 11 is 0. The van der Waals surface area contributed by atoms with Crippen molar-refractivity contribution in [1.82, 2.24) is 5.32 Å². The molecule has 4 nitrogen and oxygen atoms in total. The number of hydrogen-bond acceptors (Lipinski definition) is 4. The monoisotopic (exact) mass is 273 g/mol. The van der Waals surface area contributed by atoms with Crippen molar-refractivity contribution in [3.63, 3.8) is 0 Å². The first-order valence-electron chi connectivity index (χ1n) is 5.36. The van der Waals surface area contributed by atoms with Crippen LogP contribution in [0.5, 0.6) is 0 Å². The zero-order valence-corrected chi connectivity index (χ0v) is 11.1. The Morgan fingerprint density at radius 3 is 2.61 bits per heavy atom. The van der Waals surface area contributed by atoms with E-state index >= 15 is 0 Å². The molecule has 0 aliphatic carbocycles. The van der Waals surface area contributed by atoms with Gasteiger partial charge in [0.25, 0.3) is 0 Å². The lowest BCUT2D eigenvalue weighted by Crippen LogP contribution is -2.28. The number of aliphatic hydroxyl groups excluding tert-OH is 1. The van der Waals surface area contributed by atoms with E-state index in [0.717, 1.165) is 6.07 Å². The van der Waals surface area contributed by atoms with Gasteiger partial charge in [0.2, 0.25) is 0 Å². The van der Waals surface area contributed by atoms with Gasteiger partial charge in [-0.25, -0.2) is 4.39 Å². The summed E-state index contributed by atoms with van der Waals surface area (Å²) in [5, 5.41) is 21.6. The highest BCUT2D eigenvalue weighted by Crippen LogP contribution is 2.22. The second kappa shape index (κ2) is 7.17. The van der Waals surface area contributed by atoms with Gasteiger partial charge in [-0.1, -0.05) is 13.8 Å². The van der Waals surface area contributed by atoms with Gasteiger partial charge in [-0.15, -0.1) is 12.4 Å². The molecule has 1 aromatic carbocycles. The van der Waals surface area contributed by atoms with Crippen LogP contribution in [0.1, 0.15) is 31.1 Å². The third-order valence-electron chi connectivity index (χ3n) is 2.38. The van der Waals surface area contributed by atoms with Crippen molar-refractivity contribution in [3.8, 4) is 6.07 Å². The third kappa shape index (κ3) is 4.15. The maximum atomic E-state index is 13.4. The molecule has 100 valence electrons. The molecule has 0 spiro atoms. The number of halogens is 2. The molecule has 4 N–H and O–H groups in total. The topological polar surface area (TPSA) is 82.1 Å². The van der Waals surface area contributed by atoms with Gasteiger partial charge < -0.3 is 16.2 Å². The lowest BCUT2D eigenvalue weighted by atomic mass is 10.0. The highest BCUT2D eigenvalue weighted by Gasteiger charge is 2.13. The Bertz CT molecular complexity index is 446. The molecule has 6 heteroatoms. The van der Waals surface area contributed by atoms with Gasteiger partial charge in [-0.2, -0.15) is 5.26 Å². The van der Waals surface area contributed by atoms with Gasteiger partial charge in [0.1, 0.15) is 11.9 Å². The molecular weight excluding hydrogens is 257 g/mol. The van der Waals surface area contributed by atoms with Crippen molar-refractivity contribution >= 4 is 18.1 Å². The first kappa shape index (κ1) is 16.6. The minimum atomic E-state index is -0.861. The Morgan fingerprint density at radius 2 is 2.11 bits per heavy atom. The maximum absolute atomic E-state index is 13.4. The van der Waals surface area contributed by atoms with E-state index in [9.17, 15) is 9.50 Å². The Balaban J connectivity index is 0.00000289. The molecule has 18 heavy (non-hydrogen) atoms. The van der Waals surface area contributed by atoms with E-state index in [1.54, 1.807) is 6.07 Å². The van der Waals surface area contributed by atoms with Crippen LogP contribution in [0.4, 0.5) is 10.1 Å². The number of aliphatic hydroxyl groups is 1. The second-order valence-electron chi connectivity index (χ2n) is 4.15. The molecule has 0 aliphatic heterocycles. The number of benzene rings is 1. The van der Waals surface area contributed by atoms with E-state index in [4.69, 9.17) is 11.0 Å². The Hall–Kier alpha value is -1.35. The number of rotatable bonds is 4. The van der Waals surface area contributed by atoms with E-state index < -0.39 is 11.9 Å². The smallest absolute Gasteiger partial charge is 0.147 e. The molecule has 0 radical (unpaired) electrons. The molecule has 0 amide bonds. The Labute approximate surface area is 112 Å². The number of nitrogen functional groups attached to an aromatic ring is 1. The molecule has 0 saturated carbocycles. The molecule has 0 saturated heterocycles. The van der Waals surface area contributed by atoms with Gasteiger partial charge in [-0.05, 0) is 17.7 Å². The van der Waals surface area contributed by atoms with Crippen LogP contribution in [0, 0.1) is 17.1 Å². The van der Waals surface area contributed by atoms with Gasteiger partial charge in [-0.3, -0.25) is 0 Å². The summed E-state index contributed by atoms with van der Waals surface area (Å²) in [5.41, 5.74) is 5.60. The lowest BCUT2D eigenvalue weighted by molar-refractivity contribution is 0.171. The first-order chi connectivity index (χ1) is 7.95. The van der Waals surface area contributed by atoms with Gasteiger partial charge >= 0.3 is 0 Å². The van der Waals surface area contributed by atoms with Crippen LogP contribution in [0.15, 0.2) is 12.1 Å². The zero-order valence-electron chi connectivity index (χ0n) is 10.3. The largest absolute Gasteiger partial charge is 0.395 e. The summed E-state index contributed by atoms with van der Waals surface area (Å²) in [5.74, 6) is -0.678. The summed E-state index contributed by atoms with van der Waals surface area (Å²) in [7, 11) is 0. The van der Waals surface area contributed by atoms with Crippen LogP contribution < -0.4 is 11.1 Å². The second-order valence-corrected chi connectivity index (χ2v) is 4.15. The molecule has 0 bridgehead atoms. The zero-order chi connectivity index (χ0) is 13.0. The molecule has 0 aliphatic rings. The Kier molecular flexibility index (Phi) is 6.63. The number of nitrogens with one attached hydrogen (secondary N) is 1. The van der Waals surface area contributed by atoms with Crippen LogP contribution in [0.25, 0.3) is 0 Å². The van der Waals surface area contributed by atoms with E-state index in [0.29, 0.717) is 12.1 Å². The van der Waals surface area contributed by atoms with Crippen molar-refractivity contribution in [1.29, 1.82) is 5.26 Å². The van der Waals surface area contributed by atoms with Crippen molar-refractivity contribution < 1.29 is 9.50 Å². The molecule has 1 rings (SSSR count). The molecule has 1 atom stereocenters. The van der Waals surface area contributed by atoms with Crippen LogP contribution in [0.2, 0.25) is 0 Å². The van der Waals surface area contributed by atoms with Crippen molar-refractivity contribution in [2.45, 2.75) is 26.0 Å². The normalized spacial score (nSPS) is 11.8. The van der Waals surface area contributed by atoms with Gasteiger partial charge in [0, 0.05) is 12.6 Å². The fraction of sp³-hybridized carbons (Fsp3) is 0.417. The Morgan fingerprint density at radius 1 is 1.50 bits per heavy atom. The highest BCUT2D eigenvalue weighted by atomic mass is 35.5. The number of nitrogens with zero attached hydrogens (tertiary/aromatic N) is 1. The summed E-state index contributed by atoms with van der Waals surface area (Å²) in [6.07, 6.45) is -0.861. The fourth-order valence-corrected chi connectivity index (χ4v) is 1.39. The van der Waals surface area contributed by atoms with Crippen LogP contribution in [0.3, 0.4) is 0 Å². The quantitative estimate of drug-likeness (QED) is 0.730. The minimum Gasteiger partial charge on any atom is -0.395 e. The third-order valence-corrected chi connectivity index (χ3v) is 2.38. The minimum absolute atomic E-state index is 0. The van der Waals surface area contributed by atoms with Crippen LogP contribution in [-0.4, -0.2) is 17.7 Å². The molecule has 1 aromatic rings. The summed E-state index contributed by atoms with van der Waals surface area (Å²) in [6.45, 7) is 4.18. The predicted molar refractivity (Wildman–Crippen MR) is 70.9 cm³/mol. The van der Waals surface area contributed by atoms with E-state index in [-0.39, 0.29) is 29.7 Å². The average molecular weight is 274 g/mol. The molecule has 1 unspecified atom stereocenters. The number of nitriles is 1. The van der Waals surface area contributed by atoms with Crippen LogP contribution >= 0.6 is 12.4 Å². The lowest BCUT2D eigenvalue weighted by Gasteiger charge is -2.15. The van der Waals surface area contributed by atoms with E-state index in [2.05, 4.69) is 5.32 Å². The van der Waals surface area contributed by atoms with E-state index in [1.807, 2.05) is 13.8 Å². The SMILES string of the molecule is CC(C)NCC(O)c1cc(F)c(N)c(C#N)c1.Cl. The fourth-order valence-electron chi connectivity index (χ4n) is 1.39. The summed E-state index contributed by atoms with van der Waals surface area (Å²) in [6, 6.07) is 4.58. The van der Waals surface area contributed by atoms with Gasteiger partial charge in [0.15, 0.2) is 0 Å². The predicted octanol–water partition coefficient (Wildman–Crippen LogP) is 1.73. The molecule has 0 aromatic heterocycles. The van der Waals surface area contributed by atoms with Crippen LogP contribution in [-0.2, 0) is 0 Å². The van der Waals surface area contributed by atoms with Crippen molar-refractivity contribution in [2.75, 3.05) is 12.3 Å². The van der Waals surface area contributed by atoms with Gasteiger partial charge in [0.05, 0.1) is 17.4 Å². The molecule has 0 fully saturated rings. The maximum Gasteiger partial charge on any atom is 0.147 e. The van der Waals surface area contributed by atoms with E-state index in [1.165, 1.54) is 6.07 Å². The summed E-state index contributed by atoms with van der Waals surface area (Å²) < 4.78 is 13.4. The number of anilines is 1. The number of nitrogens with two attached hydrogens (primary N) is 1. The first-order valence-corrected chi connectivity index (χ1v) is 5.36. The molecule has 0 heterocycles. The standard InChI is InChI=1S/C12H16FN3O.ClH/c1-7(2)16-6-11(17)8-3-9(5-14)12(15)10(13)4-8;/h3-4,7,11,16-17H,6,15H2,1-2H3;1H. The van der Waals surface area contributed by atoms with Crippen molar-refractivity contribution in [2.24, 2.45) is 0 Å². The highest BCUT2D eigenvalue weighted by molar-refractivity contribution is 5.85. The average Bonchev–Trinajstić information content (AvgIpc) is 2.29. The number of hydrogen-bond donors (Lipinski definition) is 3. The van der Waals surface area contributed by atoms with Crippen molar-refractivity contribution in [3.05, 3.63) is 29.1 Å². The summed E-state index contributed by atoms with van der Waals surface area (Å²) in [4.78, 5) is 0.